The van der Waals surface area contributed by atoms with Gasteiger partial charge in [-0.05, 0) is 50.2 Å². The van der Waals surface area contributed by atoms with Crippen LogP contribution in [0.1, 0.15) is 42.4 Å². The van der Waals surface area contributed by atoms with E-state index < -0.39 is 0 Å². The van der Waals surface area contributed by atoms with Crippen LogP contribution in [0.5, 0.6) is 0 Å². The molecule has 1 saturated carbocycles. The fourth-order valence-electron chi connectivity index (χ4n) is 3.94. The van der Waals surface area contributed by atoms with Crippen LogP contribution < -0.4 is 0 Å². The number of thiophene rings is 1. The van der Waals surface area contributed by atoms with E-state index in [-0.39, 0.29) is 17.4 Å². The van der Waals surface area contributed by atoms with E-state index in [9.17, 15) is 9.90 Å². The largest absolute Gasteiger partial charge is 0.393 e. The first kappa shape index (κ1) is 14.1. The van der Waals surface area contributed by atoms with Crippen LogP contribution in [-0.2, 0) is 11.2 Å². The minimum atomic E-state index is -0.175. The molecule has 1 aromatic heterocycles. The third-order valence-corrected chi connectivity index (χ3v) is 6.02. The zero-order valence-electron chi connectivity index (χ0n) is 12.3. The minimum Gasteiger partial charge on any atom is -0.393 e. The molecule has 0 unspecified atom stereocenters. The van der Waals surface area contributed by atoms with Crippen LogP contribution in [0.4, 0.5) is 0 Å². The molecule has 1 aromatic rings. The van der Waals surface area contributed by atoms with Gasteiger partial charge < -0.3 is 10.0 Å². The lowest BCUT2D eigenvalue weighted by atomic mass is 9.71. The number of aliphatic hydroxyl groups excluding tert-OH is 1. The third-order valence-electron chi connectivity index (χ3n) is 5.02. The van der Waals surface area contributed by atoms with E-state index in [0.717, 1.165) is 37.1 Å². The number of rotatable bonds is 2. The first-order valence-corrected chi connectivity index (χ1v) is 8.32. The summed E-state index contributed by atoms with van der Waals surface area (Å²) < 4.78 is 0. The molecule has 0 aromatic carbocycles. The SMILES string of the molecule is Cc1ccc(CC(=O)N2CC[C@@]3(C)C[C@H](O)CC[C@@H]23)s1. The highest BCUT2D eigenvalue weighted by Crippen LogP contribution is 2.46. The molecule has 1 N–H and O–H groups in total. The summed E-state index contributed by atoms with van der Waals surface area (Å²) in [6.07, 6.45) is 4.03. The van der Waals surface area contributed by atoms with E-state index in [1.54, 1.807) is 11.3 Å². The molecule has 4 heteroatoms. The highest BCUT2D eigenvalue weighted by Gasteiger charge is 2.48. The van der Waals surface area contributed by atoms with Crippen molar-refractivity contribution in [1.82, 2.24) is 4.90 Å². The van der Waals surface area contributed by atoms with Gasteiger partial charge in [0.1, 0.15) is 0 Å². The lowest BCUT2D eigenvalue weighted by molar-refractivity contribution is -0.133. The number of aryl methyl sites for hydroxylation is 1. The van der Waals surface area contributed by atoms with Gasteiger partial charge in [-0.25, -0.2) is 0 Å². The molecule has 1 amide bonds. The van der Waals surface area contributed by atoms with Crippen LogP contribution in [0.2, 0.25) is 0 Å². The fraction of sp³-hybridized carbons (Fsp3) is 0.688. The van der Waals surface area contributed by atoms with Gasteiger partial charge in [0.05, 0.1) is 12.5 Å². The summed E-state index contributed by atoms with van der Waals surface area (Å²) in [5.74, 6) is 0.261. The van der Waals surface area contributed by atoms with Gasteiger partial charge >= 0.3 is 0 Å². The number of nitrogens with zero attached hydrogens (tertiary/aromatic N) is 1. The maximum atomic E-state index is 12.6. The lowest BCUT2D eigenvalue weighted by Crippen LogP contribution is -2.46. The van der Waals surface area contributed by atoms with Gasteiger partial charge in [-0.15, -0.1) is 11.3 Å². The first-order valence-electron chi connectivity index (χ1n) is 7.51. The zero-order valence-corrected chi connectivity index (χ0v) is 13.1. The summed E-state index contributed by atoms with van der Waals surface area (Å²) in [5, 5.41) is 9.88. The van der Waals surface area contributed by atoms with E-state index in [0.29, 0.717) is 12.5 Å². The molecule has 20 heavy (non-hydrogen) atoms. The number of amides is 1. The van der Waals surface area contributed by atoms with E-state index in [2.05, 4.69) is 30.9 Å². The van der Waals surface area contributed by atoms with Crippen molar-refractivity contribution >= 4 is 17.2 Å². The van der Waals surface area contributed by atoms with Crippen LogP contribution in [0.3, 0.4) is 0 Å². The highest BCUT2D eigenvalue weighted by molar-refractivity contribution is 7.12. The number of hydrogen-bond donors (Lipinski definition) is 1. The number of fused-ring (bicyclic) bond motifs is 1. The lowest BCUT2D eigenvalue weighted by Gasteiger charge is -2.41. The Morgan fingerprint density at radius 1 is 1.50 bits per heavy atom. The van der Waals surface area contributed by atoms with Crippen LogP contribution in [-0.4, -0.2) is 34.6 Å². The monoisotopic (exact) mass is 293 g/mol. The molecule has 3 rings (SSSR count). The van der Waals surface area contributed by atoms with Crippen molar-refractivity contribution in [2.75, 3.05) is 6.54 Å². The molecule has 110 valence electrons. The van der Waals surface area contributed by atoms with Gasteiger partial charge in [-0.2, -0.15) is 0 Å². The van der Waals surface area contributed by atoms with E-state index in [4.69, 9.17) is 0 Å². The molecule has 1 saturated heterocycles. The number of likely N-dealkylation sites (tertiary alicyclic amines) is 1. The average molecular weight is 293 g/mol. The van der Waals surface area contributed by atoms with Gasteiger partial charge in [-0.1, -0.05) is 6.92 Å². The molecule has 2 fully saturated rings. The first-order chi connectivity index (χ1) is 9.48. The minimum absolute atomic E-state index is 0.124. The summed E-state index contributed by atoms with van der Waals surface area (Å²) in [6, 6.07) is 4.48. The van der Waals surface area contributed by atoms with Crippen molar-refractivity contribution in [3.8, 4) is 0 Å². The van der Waals surface area contributed by atoms with Gasteiger partial charge in [0, 0.05) is 22.3 Å². The number of hydrogen-bond acceptors (Lipinski definition) is 3. The van der Waals surface area contributed by atoms with Gasteiger partial charge in [0.2, 0.25) is 5.91 Å². The summed E-state index contributed by atoms with van der Waals surface area (Å²) >= 11 is 1.72. The Morgan fingerprint density at radius 2 is 2.30 bits per heavy atom. The van der Waals surface area contributed by atoms with Crippen LogP contribution in [0, 0.1) is 12.3 Å². The smallest absolute Gasteiger partial charge is 0.228 e. The van der Waals surface area contributed by atoms with Crippen LogP contribution >= 0.6 is 11.3 Å². The fourth-order valence-corrected chi connectivity index (χ4v) is 4.82. The Morgan fingerprint density at radius 3 is 3.00 bits per heavy atom. The Bertz CT molecular complexity index is 512. The van der Waals surface area contributed by atoms with Crippen molar-refractivity contribution in [2.45, 2.75) is 58.1 Å². The topological polar surface area (TPSA) is 40.5 Å². The van der Waals surface area contributed by atoms with Crippen molar-refractivity contribution in [3.05, 3.63) is 21.9 Å². The predicted molar refractivity (Wildman–Crippen MR) is 80.8 cm³/mol. The molecular formula is C16H23NO2S. The molecule has 1 aliphatic carbocycles. The second-order valence-electron chi connectivity index (χ2n) is 6.63. The van der Waals surface area contributed by atoms with Gasteiger partial charge in [0.25, 0.3) is 0 Å². The molecule has 3 atom stereocenters. The molecule has 3 nitrogen and oxygen atoms in total. The Balaban J connectivity index is 1.70. The molecule has 1 aliphatic heterocycles. The highest BCUT2D eigenvalue weighted by atomic mass is 32.1. The second-order valence-corrected chi connectivity index (χ2v) is 8.00. The molecule has 2 aliphatic rings. The van der Waals surface area contributed by atoms with Crippen LogP contribution in [0.25, 0.3) is 0 Å². The molecular weight excluding hydrogens is 270 g/mol. The standard InChI is InChI=1S/C16H23NO2S/c1-11-3-5-13(20-11)9-15(19)17-8-7-16(2)10-12(18)4-6-14(16)17/h3,5,12,14,18H,4,6-10H2,1-2H3/t12-,14-,16+/m1/s1. The van der Waals surface area contributed by atoms with Crippen molar-refractivity contribution < 1.29 is 9.90 Å². The maximum absolute atomic E-state index is 12.6. The van der Waals surface area contributed by atoms with E-state index in [1.807, 2.05) is 0 Å². The Labute approximate surface area is 124 Å². The normalized spacial score (nSPS) is 33.2. The Hall–Kier alpha value is -0.870. The van der Waals surface area contributed by atoms with E-state index in [1.165, 1.54) is 4.88 Å². The summed E-state index contributed by atoms with van der Waals surface area (Å²) in [6.45, 7) is 5.17. The predicted octanol–water partition coefficient (Wildman–Crippen LogP) is 2.75. The van der Waals surface area contributed by atoms with Crippen LogP contribution in [0.15, 0.2) is 12.1 Å². The molecule has 0 bridgehead atoms. The maximum Gasteiger partial charge on any atom is 0.228 e. The quantitative estimate of drug-likeness (QED) is 0.911. The number of carbonyl (C=O) groups excluding carboxylic acids is 1. The molecule has 2 heterocycles. The van der Waals surface area contributed by atoms with Crippen molar-refractivity contribution in [2.24, 2.45) is 5.41 Å². The Kier molecular flexibility index (Phi) is 3.63. The third kappa shape index (κ3) is 2.51. The summed E-state index contributed by atoms with van der Waals surface area (Å²) in [4.78, 5) is 17.1. The number of aliphatic hydroxyl groups is 1. The molecule has 0 radical (unpaired) electrons. The summed E-state index contributed by atoms with van der Waals surface area (Å²) in [5.41, 5.74) is 0.124. The van der Waals surface area contributed by atoms with Crippen molar-refractivity contribution in [3.63, 3.8) is 0 Å². The second kappa shape index (κ2) is 5.15. The van der Waals surface area contributed by atoms with Gasteiger partial charge in [0.15, 0.2) is 0 Å². The number of carbonyl (C=O) groups is 1. The van der Waals surface area contributed by atoms with Crippen molar-refractivity contribution in [1.29, 1.82) is 0 Å². The zero-order chi connectivity index (χ0) is 14.3. The summed E-state index contributed by atoms with van der Waals surface area (Å²) in [7, 11) is 0. The average Bonchev–Trinajstić information content (AvgIpc) is 2.91. The van der Waals surface area contributed by atoms with E-state index >= 15 is 0 Å². The molecule has 0 spiro atoms. The van der Waals surface area contributed by atoms with Gasteiger partial charge in [-0.3, -0.25) is 4.79 Å².